The number of rotatable bonds is 6. The second kappa shape index (κ2) is 17.3. The lowest BCUT2D eigenvalue weighted by molar-refractivity contribution is -0.306. The van der Waals surface area contributed by atoms with Gasteiger partial charge in [-0.15, -0.1) is 0 Å². The van der Waals surface area contributed by atoms with Crippen LogP contribution in [0.5, 0.6) is 0 Å². The van der Waals surface area contributed by atoms with Gasteiger partial charge in [0.25, 0.3) is 0 Å². The normalized spacial score (nSPS) is 48.2. The van der Waals surface area contributed by atoms with E-state index in [1.807, 2.05) is 58.6 Å². The van der Waals surface area contributed by atoms with Crippen LogP contribution in [0, 0.1) is 23.7 Å². The van der Waals surface area contributed by atoms with Crippen molar-refractivity contribution in [2.45, 2.75) is 174 Å². The van der Waals surface area contributed by atoms with E-state index < -0.39 is 84.3 Å². The third-order valence-corrected chi connectivity index (χ3v) is 11.5. The summed E-state index contributed by atoms with van der Waals surface area (Å²) in [5, 5.41) is 47.0. The summed E-state index contributed by atoms with van der Waals surface area (Å²) >= 11 is 0. The van der Waals surface area contributed by atoms with E-state index in [0.29, 0.717) is 13.0 Å². The molecular formula is C37H68N2O11. The van der Waals surface area contributed by atoms with E-state index in [4.69, 9.17) is 23.7 Å². The van der Waals surface area contributed by atoms with Crippen molar-refractivity contribution in [2.75, 3.05) is 27.7 Å². The zero-order valence-corrected chi connectivity index (χ0v) is 32.7. The van der Waals surface area contributed by atoms with Gasteiger partial charge in [0.15, 0.2) is 18.4 Å². The number of hydrogen-bond donors (Lipinski definition) is 4. The van der Waals surface area contributed by atoms with Crippen LogP contribution in [0.4, 0.5) is 0 Å². The predicted octanol–water partition coefficient (Wildman–Crippen LogP) is 2.34. The predicted molar refractivity (Wildman–Crippen MR) is 187 cm³/mol. The summed E-state index contributed by atoms with van der Waals surface area (Å²) in [4.78, 5) is 30.6. The van der Waals surface area contributed by atoms with E-state index in [-0.39, 0.29) is 49.0 Å². The number of carbonyl (C=O) groups excluding carboxylic acids is 2. The van der Waals surface area contributed by atoms with Crippen LogP contribution in [0.3, 0.4) is 0 Å². The lowest BCUT2D eigenvalue weighted by atomic mass is 9.77. The van der Waals surface area contributed by atoms with Crippen LogP contribution >= 0.6 is 0 Å². The number of hydrogen-bond acceptors (Lipinski definition) is 13. The van der Waals surface area contributed by atoms with E-state index in [1.165, 1.54) is 6.92 Å². The van der Waals surface area contributed by atoms with Crippen molar-refractivity contribution in [1.82, 2.24) is 9.80 Å². The van der Waals surface area contributed by atoms with Crippen LogP contribution < -0.4 is 0 Å². The Labute approximate surface area is 299 Å². The summed E-state index contributed by atoms with van der Waals surface area (Å²) in [5.74, 6) is -2.87. The Balaban J connectivity index is 2.15. The largest absolute Gasteiger partial charge is 0.459 e. The van der Waals surface area contributed by atoms with Gasteiger partial charge >= 0.3 is 5.97 Å². The number of aliphatic hydroxyl groups excluding tert-OH is 2. The van der Waals surface area contributed by atoms with Gasteiger partial charge in [0.1, 0.15) is 30.0 Å². The SMILES string of the molecule is CC[C@H]1OC(=O)[C@H](C)[C@@H](O[C@H]2C[C@@H](C)C(=O)[C@H](C)O2)[C@H](C)[C@@H](O[C@@H]2O[C@H](C)C[C@H](N(C)C)[C@H]2O)[C@@](C)(O)C[C@@H](C)CN(C)[C@H](C)[C@@H](O)[C@]1(C)O. The molecule has 0 saturated carbocycles. The number of ketones is 1. The van der Waals surface area contributed by atoms with Crippen molar-refractivity contribution in [3.63, 3.8) is 0 Å². The zero-order valence-electron chi connectivity index (χ0n) is 32.7. The highest BCUT2D eigenvalue weighted by Gasteiger charge is 2.51. The Hall–Kier alpha value is -1.26. The summed E-state index contributed by atoms with van der Waals surface area (Å²) in [5.41, 5.74) is -3.32. The van der Waals surface area contributed by atoms with Crippen molar-refractivity contribution in [1.29, 1.82) is 0 Å². The van der Waals surface area contributed by atoms with Crippen molar-refractivity contribution in [2.24, 2.45) is 23.7 Å². The van der Waals surface area contributed by atoms with E-state index in [0.717, 1.165) is 0 Å². The smallest absolute Gasteiger partial charge is 0.311 e. The molecule has 13 nitrogen and oxygen atoms in total. The van der Waals surface area contributed by atoms with Gasteiger partial charge in [-0.25, -0.2) is 0 Å². The maximum atomic E-state index is 14.1. The highest BCUT2D eigenvalue weighted by Crippen LogP contribution is 2.39. The molecule has 3 fully saturated rings. The summed E-state index contributed by atoms with van der Waals surface area (Å²) in [6.45, 7) is 18.1. The maximum Gasteiger partial charge on any atom is 0.311 e. The van der Waals surface area contributed by atoms with Gasteiger partial charge in [0.2, 0.25) is 0 Å². The number of cyclic esters (lactones) is 1. The fraction of sp³-hybridized carbons (Fsp3) is 0.946. The summed E-state index contributed by atoms with van der Waals surface area (Å²) in [6, 6.07) is -0.789. The minimum Gasteiger partial charge on any atom is -0.459 e. The van der Waals surface area contributed by atoms with Crippen LogP contribution in [0.25, 0.3) is 0 Å². The minimum atomic E-state index is -1.79. The van der Waals surface area contributed by atoms with Crippen LogP contribution in [0.1, 0.15) is 94.9 Å². The van der Waals surface area contributed by atoms with Crippen LogP contribution in [0.2, 0.25) is 0 Å². The van der Waals surface area contributed by atoms with Crippen molar-refractivity contribution in [3.05, 3.63) is 0 Å². The first-order valence-electron chi connectivity index (χ1n) is 18.6. The number of likely N-dealkylation sites (N-methyl/N-ethyl adjacent to an activating group) is 2. The molecule has 0 aromatic rings. The van der Waals surface area contributed by atoms with Gasteiger partial charge in [0.05, 0.1) is 29.8 Å². The molecule has 0 spiro atoms. The molecule has 0 aromatic heterocycles. The van der Waals surface area contributed by atoms with Gasteiger partial charge in [-0.1, -0.05) is 27.7 Å². The summed E-state index contributed by atoms with van der Waals surface area (Å²) < 4.78 is 31.5. The van der Waals surface area contributed by atoms with Crippen LogP contribution in [0.15, 0.2) is 0 Å². The molecule has 3 aliphatic heterocycles. The Bertz CT molecular complexity index is 1110. The molecule has 0 aromatic carbocycles. The lowest BCUT2D eigenvalue weighted by Gasteiger charge is -2.47. The fourth-order valence-corrected chi connectivity index (χ4v) is 8.39. The highest BCUT2D eigenvalue weighted by atomic mass is 16.7. The summed E-state index contributed by atoms with van der Waals surface area (Å²) in [7, 11) is 5.61. The number of Topliss-reactive ketones (excluding diaryl/α,β-unsaturated/α-hetero) is 1. The Morgan fingerprint density at radius 2 is 1.58 bits per heavy atom. The average Bonchev–Trinajstić information content (AvgIpc) is 3.02. The lowest BCUT2D eigenvalue weighted by Crippen LogP contribution is -2.59. The molecule has 0 radical (unpaired) electrons. The van der Waals surface area contributed by atoms with Crippen molar-refractivity contribution in [3.8, 4) is 0 Å². The molecule has 0 amide bonds. The second-order valence-corrected chi connectivity index (χ2v) is 16.5. The Morgan fingerprint density at radius 1 is 0.960 bits per heavy atom. The highest BCUT2D eigenvalue weighted by molar-refractivity contribution is 5.85. The first-order valence-corrected chi connectivity index (χ1v) is 18.6. The molecule has 3 rings (SSSR count). The molecule has 292 valence electrons. The minimum absolute atomic E-state index is 0.0377. The Morgan fingerprint density at radius 3 is 2.14 bits per heavy atom. The third-order valence-electron chi connectivity index (χ3n) is 11.5. The average molecular weight is 717 g/mol. The monoisotopic (exact) mass is 716 g/mol. The first kappa shape index (κ1) is 43.1. The molecule has 0 bridgehead atoms. The van der Waals surface area contributed by atoms with E-state index in [1.54, 1.807) is 34.6 Å². The zero-order chi connectivity index (χ0) is 38.0. The fourth-order valence-electron chi connectivity index (χ4n) is 8.39. The van der Waals surface area contributed by atoms with Crippen LogP contribution in [-0.2, 0) is 33.3 Å². The molecule has 0 aliphatic carbocycles. The Kier molecular flexibility index (Phi) is 14.9. The molecule has 13 heteroatoms. The van der Waals surface area contributed by atoms with E-state index >= 15 is 0 Å². The quantitative estimate of drug-likeness (QED) is 0.296. The number of nitrogens with zero attached hydrogens (tertiary/aromatic N) is 2. The molecule has 3 aliphatic rings. The second-order valence-electron chi connectivity index (χ2n) is 16.5. The third kappa shape index (κ3) is 9.83. The number of ether oxygens (including phenoxy) is 5. The van der Waals surface area contributed by atoms with E-state index in [2.05, 4.69) is 0 Å². The molecule has 50 heavy (non-hydrogen) atoms. The molecule has 3 saturated heterocycles. The first-order chi connectivity index (χ1) is 23.0. The molecule has 0 unspecified atom stereocenters. The van der Waals surface area contributed by atoms with Gasteiger partial charge < -0.3 is 53.9 Å². The number of esters is 1. The maximum absolute atomic E-state index is 14.1. The number of carbonyl (C=O) groups is 2. The van der Waals surface area contributed by atoms with Crippen molar-refractivity contribution >= 4 is 11.8 Å². The van der Waals surface area contributed by atoms with Gasteiger partial charge in [-0.05, 0) is 87.9 Å². The number of aliphatic hydroxyl groups is 4. The standard InChI is InChI=1S/C37H68N2O11/c1-14-27-37(10,45)32(42)24(7)39(13)18-19(2)17-36(9,44)33(50-35-30(41)26(38(11)12)16-21(4)46-35)22(5)31(23(6)34(43)48-27)49-28-15-20(3)29(40)25(8)47-28/h19-28,30-33,35,41-42,44-45H,14-18H2,1-13H3/t19-,20-,21-,22+,23-,24-,25+,26+,27-,28+,30-,31+,32-,33-,35+,36+,37-/m1/s1. The molecule has 4 N–H and O–H groups in total. The molecular weight excluding hydrogens is 648 g/mol. The molecule has 17 atom stereocenters. The topological polar surface area (TPSA) is 168 Å². The van der Waals surface area contributed by atoms with Gasteiger partial charge in [0, 0.05) is 36.9 Å². The molecule has 3 heterocycles. The summed E-state index contributed by atoms with van der Waals surface area (Å²) in [6.07, 6.45) is -6.91. The van der Waals surface area contributed by atoms with Crippen LogP contribution in [-0.4, -0.2) is 148 Å². The van der Waals surface area contributed by atoms with E-state index in [9.17, 15) is 30.0 Å². The van der Waals surface area contributed by atoms with Gasteiger partial charge in [-0.3, -0.25) is 9.59 Å². The van der Waals surface area contributed by atoms with Gasteiger partial charge in [-0.2, -0.15) is 0 Å². The van der Waals surface area contributed by atoms with Crippen molar-refractivity contribution < 1.29 is 53.7 Å².